The summed E-state index contributed by atoms with van der Waals surface area (Å²) in [6.07, 6.45) is 1.47. The molecule has 1 aromatic heterocycles. The smallest absolute Gasteiger partial charge is 0.164 e. The summed E-state index contributed by atoms with van der Waals surface area (Å²) < 4.78 is 28.3. The van der Waals surface area contributed by atoms with Gasteiger partial charge < -0.3 is 5.32 Å². The summed E-state index contributed by atoms with van der Waals surface area (Å²) in [4.78, 5) is 4.05. The van der Waals surface area contributed by atoms with Crippen molar-refractivity contribution in [2.75, 3.05) is 6.54 Å². The number of nitrogens with zero attached hydrogens (tertiary/aromatic N) is 3. The molecule has 18 heavy (non-hydrogen) atoms. The molecule has 0 unspecified atom stereocenters. The minimum atomic E-state index is -0.571. The third-order valence-electron chi connectivity index (χ3n) is 2.50. The van der Waals surface area contributed by atoms with Crippen molar-refractivity contribution in [3.8, 4) is 0 Å². The Balaban J connectivity index is 2.11. The lowest BCUT2D eigenvalue weighted by molar-refractivity contribution is 0.530. The van der Waals surface area contributed by atoms with Crippen LogP contribution in [-0.2, 0) is 13.1 Å². The molecule has 0 atom stereocenters. The first kappa shape index (κ1) is 12.6. The van der Waals surface area contributed by atoms with Crippen molar-refractivity contribution < 1.29 is 8.78 Å². The van der Waals surface area contributed by atoms with Gasteiger partial charge in [-0.25, -0.2) is 18.4 Å². The van der Waals surface area contributed by atoms with Gasteiger partial charge in [-0.3, -0.25) is 0 Å². The highest BCUT2D eigenvalue weighted by molar-refractivity contribution is 5.19. The van der Waals surface area contributed by atoms with E-state index in [1.807, 2.05) is 6.92 Å². The molecule has 0 fully saturated rings. The molecule has 1 N–H and O–H groups in total. The monoisotopic (exact) mass is 252 g/mol. The van der Waals surface area contributed by atoms with Gasteiger partial charge in [0.25, 0.3) is 0 Å². The van der Waals surface area contributed by atoms with Crippen LogP contribution in [0.2, 0.25) is 0 Å². The molecule has 96 valence electrons. The van der Waals surface area contributed by atoms with Crippen LogP contribution >= 0.6 is 0 Å². The number of rotatable bonds is 5. The van der Waals surface area contributed by atoms with Gasteiger partial charge in [-0.05, 0) is 18.7 Å². The van der Waals surface area contributed by atoms with E-state index in [-0.39, 0.29) is 12.1 Å². The lowest BCUT2D eigenvalue weighted by Gasteiger charge is -2.04. The second-order valence-electron chi connectivity index (χ2n) is 3.84. The molecule has 0 saturated heterocycles. The predicted octanol–water partition coefficient (Wildman–Crippen LogP) is 1.71. The van der Waals surface area contributed by atoms with Crippen molar-refractivity contribution in [3.63, 3.8) is 0 Å². The highest BCUT2D eigenvalue weighted by Gasteiger charge is 2.10. The molecule has 2 aromatic rings. The second kappa shape index (κ2) is 5.68. The fourth-order valence-electron chi connectivity index (χ4n) is 1.57. The number of halogens is 2. The Morgan fingerprint density at radius 1 is 1.28 bits per heavy atom. The van der Waals surface area contributed by atoms with Crippen LogP contribution in [0, 0.1) is 11.6 Å². The highest BCUT2D eigenvalue weighted by Crippen LogP contribution is 2.13. The van der Waals surface area contributed by atoms with Crippen LogP contribution in [0.1, 0.15) is 18.3 Å². The predicted molar refractivity (Wildman–Crippen MR) is 62.9 cm³/mol. The summed E-state index contributed by atoms with van der Waals surface area (Å²) in [6.45, 7) is 3.38. The fraction of sp³-hybridized carbons (Fsp3) is 0.333. The standard InChI is InChI=1S/C12H14F2N4/c1-2-15-6-12-16-8-18(17-12)7-9-10(13)4-3-5-11(9)14/h3-5,8,15H,2,6-7H2,1H3. The van der Waals surface area contributed by atoms with Gasteiger partial charge in [-0.2, -0.15) is 5.10 Å². The Morgan fingerprint density at radius 3 is 2.67 bits per heavy atom. The van der Waals surface area contributed by atoms with E-state index in [2.05, 4.69) is 15.4 Å². The molecule has 1 aromatic carbocycles. The molecule has 0 aliphatic carbocycles. The molecule has 0 amide bonds. The Kier molecular flexibility index (Phi) is 3.99. The van der Waals surface area contributed by atoms with Gasteiger partial charge >= 0.3 is 0 Å². The summed E-state index contributed by atoms with van der Waals surface area (Å²) in [5.41, 5.74) is -0.00241. The quantitative estimate of drug-likeness (QED) is 0.881. The van der Waals surface area contributed by atoms with Gasteiger partial charge in [-0.1, -0.05) is 13.0 Å². The van der Waals surface area contributed by atoms with E-state index in [1.165, 1.54) is 29.2 Å². The van der Waals surface area contributed by atoms with Crippen molar-refractivity contribution in [3.05, 3.63) is 47.5 Å². The molecule has 2 rings (SSSR count). The van der Waals surface area contributed by atoms with Gasteiger partial charge in [0.15, 0.2) is 5.82 Å². The Labute approximate surface area is 104 Å². The first-order valence-electron chi connectivity index (χ1n) is 5.72. The summed E-state index contributed by atoms with van der Waals surface area (Å²) in [5.74, 6) is -0.536. The molecular formula is C12H14F2N4. The maximum Gasteiger partial charge on any atom is 0.164 e. The van der Waals surface area contributed by atoms with Gasteiger partial charge in [0.05, 0.1) is 13.1 Å². The van der Waals surface area contributed by atoms with E-state index in [9.17, 15) is 8.78 Å². The van der Waals surface area contributed by atoms with Crippen LogP contribution in [0.15, 0.2) is 24.5 Å². The summed E-state index contributed by atoms with van der Waals surface area (Å²) in [5, 5.41) is 7.21. The van der Waals surface area contributed by atoms with Crippen molar-refractivity contribution in [1.82, 2.24) is 20.1 Å². The maximum absolute atomic E-state index is 13.4. The number of benzene rings is 1. The fourth-order valence-corrected chi connectivity index (χ4v) is 1.57. The van der Waals surface area contributed by atoms with E-state index < -0.39 is 11.6 Å². The van der Waals surface area contributed by atoms with Crippen LogP contribution in [0.5, 0.6) is 0 Å². The van der Waals surface area contributed by atoms with E-state index in [4.69, 9.17) is 0 Å². The number of nitrogens with one attached hydrogen (secondary N) is 1. The first-order chi connectivity index (χ1) is 8.70. The Hall–Kier alpha value is -1.82. The number of hydrogen-bond acceptors (Lipinski definition) is 3. The van der Waals surface area contributed by atoms with Gasteiger partial charge in [-0.15, -0.1) is 0 Å². The van der Waals surface area contributed by atoms with Crippen LogP contribution in [0.3, 0.4) is 0 Å². The Bertz CT molecular complexity index is 504. The second-order valence-corrected chi connectivity index (χ2v) is 3.84. The minimum Gasteiger partial charge on any atom is -0.310 e. The molecule has 0 aliphatic rings. The molecule has 1 heterocycles. The lowest BCUT2D eigenvalue weighted by atomic mass is 10.2. The molecule has 0 radical (unpaired) electrons. The summed E-state index contributed by atoms with van der Waals surface area (Å²) >= 11 is 0. The minimum absolute atomic E-state index is 0.00241. The first-order valence-corrected chi connectivity index (χ1v) is 5.72. The van der Waals surface area contributed by atoms with Crippen LogP contribution in [0.25, 0.3) is 0 Å². The number of aromatic nitrogens is 3. The van der Waals surface area contributed by atoms with Crippen LogP contribution < -0.4 is 5.32 Å². The van der Waals surface area contributed by atoms with Gasteiger partial charge in [0.1, 0.15) is 18.0 Å². The SMILES string of the molecule is CCNCc1ncn(Cc2c(F)cccc2F)n1. The molecule has 0 aliphatic heterocycles. The van der Waals surface area contributed by atoms with E-state index in [0.717, 1.165) is 6.54 Å². The normalized spacial score (nSPS) is 10.8. The van der Waals surface area contributed by atoms with Gasteiger partial charge in [0, 0.05) is 5.56 Å². The topological polar surface area (TPSA) is 42.7 Å². The zero-order valence-corrected chi connectivity index (χ0v) is 10.0. The van der Waals surface area contributed by atoms with E-state index in [0.29, 0.717) is 12.4 Å². The molecule has 0 spiro atoms. The van der Waals surface area contributed by atoms with E-state index >= 15 is 0 Å². The summed E-state index contributed by atoms with van der Waals surface area (Å²) in [7, 11) is 0. The molecule has 6 heteroatoms. The number of hydrogen-bond donors (Lipinski definition) is 1. The highest BCUT2D eigenvalue weighted by atomic mass is 19.1. The molecule has 0 saturated carbocycles. The third-order valence-corrected chi connectivity index (χ3v) is 2.50. The summed E-state index contributed by atoms with van der Waals surface area (Å²) in [6, 6.07) is 3.80. The molecular weight excluding hydrogens is 238 g/mol. The van der Waals surface area contributed by atoms with Crippen molar-refractivity contribution in [1.29, 1.82) is 0 Å². The average molecular weight is 252 g/mol. The molecule has 0 bridgehead atoms. The van der Waals surface area contributed by atoms with Crippen molar-refractivity contribution in [2.24, 2.45) is 0 Å². The zero-order valence-electron chi connectivity index (χ0n) is 10.0. The van der Waals surface area contributed by atoms with Crippen molar-refractivity contribution >= 4 is 0 Å². The van der Waals surface area contributed by atoms with Crippen LogP contribution in [-0.4, -0.2) is 21.3 Å². The van der Waals surface area contributed by atoms with Gasteiger partial charge in [0.2, 0.25) is 0 Å². The van der Waals surface area contributed by atoms with Crippen molar-refractivity contribution in [2.45, 2.75) is 20.0 Å². The maximum atomic E-state index is 13.4. The molecule has 4 nitrogen and oxygen atoms in total. The lowest BCUT2D eigenvalue weighted by Crippen LogP contribution is -2.13. The van der Waals surface area contributed by atoms with E-state index in [1.54, 1.807) is 0 Å². The zero-order chi connectivity index (χ0) is 13.0. The Morgan fingerprint density at radius 2 is 2.00 bits per heavy atom. The third kappa shape index (κ3) is 2.89. The average Bonchev–Trinajstić information content (AvgIpc) is 2.79. The largest absolute Gasteiger partial charge is 0.310 e. The van der Waals surface area contributed by atoms with Crippen LogP contribution in [0.4, 0.5) is 8.78 Å².